The summed E-state index contributed by atoms with van der Waals surface area (Å²) in [4.78, 5) is 11.2. The molecule has 0 aromatic rings. The van der Waals surface area contributed by atoms with Crippen molar-refractivity contribution >= 4 is 16.1 Å². The second-order valence-electron chi connectivity index (χ2n) is 6.68. The summed E-state index contributed by atoms with van der Waals surface area (Å²) in [7, 11) is 0.228. The summed E-state index contributed by atoms with van der Waals surface area (Å²) in [5.41, 5.74) is 0.420. The van der Waals surface area contributed by atoms with Crippen LogP contribution in [-0.4, -0.2) is 63.0 Å². The van der Waals surface area contributed by atoms with Gasteiger partial charge in [-0.15, -0.1) is 0 Å². The van der Waals surface area contributed by atoms with Gasteiger partial charge in [-0.3, -0.25) is 0 Å². The molecule has 0 radical (unpaired) electrons. The van der Waals surface area contributed by atoms with Gasteiger partial charge in [0, 0.05) is 17.7 Å². The highest BCUT2D eigenvalue weighted by Gasteiger charge is 2.14. The third-order valence-corrected chi connectivity index (χ3v) is 4.44. The average molecular weight is 349 g/mol. The maximum absolute atomic E-state index is 11.2. The van der Waals surface area contributed by atoms with Gasteiger partial charge in [-0.25, -0.2) is 13.2 Å². The van der Waals surface area contributed by atoms with E-state index in [0.717, 1.165) is 49.7 Å². The number of unbranched alkanes of at least 4 members (excludes halogenated alkanes) is 4. The van der Waals surface area contributed by atoms with E-state index in [-0.39, 0.29) is 11.7 Å². The lowest BCUT2D eigenvalue weighted by atomic mass is 10.1. The zero-order valence-electron chi connectivity index (χ0n) is 14.7. The van der Waals surface area contributed by atoms with Gasteiger partial charge < -0.3 is 13.8 Å². The highest BCUT2D eigenvalue weighted by atomic mass is 32.2. The van der Waals surface area contributed by atoms with E-state index in [1.54, 1.807) is 6.92 Å². The minimum absolute atomic E-state index is 0.253. The van der Waals surface area contributed by atoms with Crippen molar-refractivity contribution < 1.29 is 27.0 Å². The van der Waals surface area contributed by atoms with Gasteiger partial charge in [-0.2, -0.15) is 0 Å². The molecule has 7 heteroatoms. The fourth-order valence-corrected chi connectivity index (χ4v) is 2.80. The molecule has 0 bridgehead atoms. The van der Waals surface area contributed by atoms with Crippen LogP contribution in [0.5, 0.6) is 0 Å². The normalized spacial score (nSPS) is 12.2. The number of nitrogens with zero attached hydrogens (tertiary/aromatic N) is 1. The van der Waals surface area contributed by atoms with Crippen LogP contribution >= 0.6 is 0 Å². The fourth-order valence-electron chi connectivity index (χ4n) is 2.24. The molecule has 0 aromatic heterocycles. The summed E-state index contributed by atoms with van der Waals surface area (Å²) >= 11 is 0. The number of quaternary nitrogens is 1. The molecular weight excluding hydrogens is 318 g/mol. The largest absolute Gasteiger partial charge is 0.748 e. The number of carbonyl (C=O) groups excluding carboxylic acids is 1. The lowest BCUT2D eigenvalue weighted by Crippen LogP contribution is -2.41. The molecule has 23 heavy (non-hydrogen) atoms. The molecule has 0 rings (SSSR count). The molecule has 0 fully saturated rings. The Labute approximate surface area is 140 Å². The molecule has 6 nitrogen and oxygen atoms in total. The van der Waals surface area contributed by atoms with Crippen molar-refractivity contribution in [2.24, 2.45) is 0 Å². The Hall–Kier alpha value is -0.920. The Morgan fingerprint density at radius 3 is 2.13 bits per heavy atom. The number of hydrogen-bond donors (Lipinski definition) is 0. The summed E-state index contributed by atoms with van der Waals surface area (Å²) in [6, 6.07) is 0. The Morgan fingerprint density at radius 1 is 1.04 bits per heavy atom. The van der Waals surface area contributed by atoms with Crippen LogP contribution in [0.2, 0.25) is 0 Å². The third-order valence-electron chi connectivity index (χ3n) is 3.65. The van der Waals surface area contributed by atoms with E-state index in [1.165, 1.54) is 0 Å². The molecule has 0 spiro atoms. The van der Waals surface area contributed by atoms with E-state index >= 15 is 0 Å². The lowest BCUT2D eigenvalue weighted by Gasteiger charge is -2.29. The molecule has 0 aliphatic heterocycles. The molecule has 136 valence electrons. The Balaban J connectivity index is 3.64. The van der Waals surface area contributed by atoms with Crippen LogP contribution in [0.25, 0.3) is 0 Å². The van der Waals surface area contributed by atoms with Crippen molar-refractivity contribution in [3.05, 3.63) is 12.2 Å². The van der Waals surface area contributed by atoms with Crippen molar-refractivity contribution in [2.45, 2.75) is 45.4 Å². The minimum Gasteiger partial charge on any atom is -0.748 e. The van der Waals surface area contributed by atoms with Gasteiger partial charge in [0.25, 0.3) is 0 Å². The first-order valence-corrected chi connectivity index (χ1v) is 9.69. The number of carbonyl (C=O) groups is 1. The van der Waals surface area contributed by atoms with Gasteiger partial charge in [0.2, 0.25) is 0 Å². The van der Waals surface area contributed by atoms with Crippen molar-refractivity contribution in [3.63, 3.8) is 0 Å². The van der Waals surface area contributed by atoms with E-state index in [9.17, 15) is 17.8 Å². The predicted octanol–water partition coefficient (Wildman–Crippen LogP) is 2.07. The Bertz CT molecular complexity index is 471. The van der Waals surface area contributed by atoms with Gasteiger partial charge in [-0.05, 0) is 26.2 Å². The molecule has 0 N–H and O–H groups in total. The molecular formula is C16H31NO5S. The third kappa shape index (κ3) is 14.4. The van der Waals surface area contributed by atoms with Crippen LogP contribution < -0.4 is 0 Å². The molecule has 0 saturated heterocycles. The number of ether oxygens (including phenoxy) is 1. The molecule has 0 aliphatic rings. The number of hydrogen-bond acceptors (Lipinski definition) is 5. The van der Waals surface area contributed by atoms with Crippen LogP contribution in [0.1, 0.15) is 45.4 Å². The molecule has 0 aromatic carbocycles. The molecule has 0 heterocycles. The SMILES string of the molecule is C=C(C)C(=O)OCCC[N+](C)(C)CCCCCCCS(=O)(=O)[O-]. The smallest absolute Gasteiger partial charge is 0.333 e. The zero-order valence-corrected chi connectivity index (χ0v) is 15.5. The number of esters is 1. The monoisotopic (exact) mass is 349 g/mol. The standard InChI is InChI=1S/C16H31NO5S/c1-15(2)16(18)22-13-10-12-17(3,4)11-8-6-5-7-9-14-23(19,20)21/h1,5-14H2,2-4H3. The van der Waals surface area contributed by atoms with Crippen LogP contribution in [0, 0.1) is 0 Å². The zero-order chi connectivity index (χ0) is 17.9. The van der Waals surface area contributed by atoms with Gasteiger partial charge in [0.1, 0.15) is 0 Å². The molecule has 0 saturated carbocycles. The maximum Gasteiger partial charge on any atom is 0.333 e. The van der Waals surface area contributed by atoms with Crippen molar-refractivity contribution in [2.75, 3.05) is 39.5 Å². The summed E-state index contributed by atoms with van der Waals surface area (Å²) in [6.07, 6.45) is 5.09. The first kappa shape index (κ1) is 22.1. The van der Waals surface area contributed by atoms with Gasteiger partial charge in [-0.1, -0.05) is 19.4 Å². The predicted molar refractivity (Wildman–Crippen MR) is 89.9 cm³/mol. The van der Waals surface area contributed by atoms with Crippen LogP contribution in [0.3, 0.4) is 0 Å². The van der Waals surface area contributed by atoms with E-state index < -0.39 is 10.1 Å². The minimum atomic E-state index is -4.06. The van der Waals surface area contributed by atoms with Gasteiger partial charge in [0.05, 0.1) is 43.9 Å². The summed E-state index contributed by atoms with van der Waals surface area (Å²) < 4.78 is 37.3. The first-order chi connectivity index (χ1) is 10.5. The molecule has 0 unspecified atom stereocenters. The highest BCUT2D eigenvalue weighted by Crippen LogP contribution is 2.09. The van der Waals surface area contributed by atoms with Crippen molar-refractivity contribution in [1.29, 1.82) is 0 Å². The van der Waals surface area contributed by atoms with E-state index in [4.69, 9.17) is 4.74 Å². The van der Waals surface area contributed by atoms with Crippen LogP contribution in [0.15, 0.2) is 12.2 Å². The van der Waals surface area contributed by atoms with Crippen molar-refractivity contribution in [3.8, 4) is 0 Å². The van der Waals surface area contributed by atoms with E-state index in [1.807, 2.05) is 0 Å². The molecule has 0 aliphatic carbocycles. The quantitative estimate of drug-likeness (QED) is 0.167. The highest BCUT2D eigenvalue weighted by molar-refractivity contribution is 7.85. The Morgan fingerprint density at radius 2 is 1.57 bits per heavy atom. The van der Waals surface area contributed by atoms with Crippen LogP contribution in [-0.2, 0) is 19.6 Å². The average Bonchev–Trinajstić information content (AvgIpc) is 2.40. The first-order valence-electron chi connectivity index (χ1n) is 8.12. The maximum atomic E-state index is 11.2. The van der Waals surface area contributed by atoms with Crippen molar-refractivity contribution in [1.82, 2.24) is 0 Å². The van der Waals surface area contributed by atoms with E-state index in [2.05, 4.69) is 20.7 Å². The number of rotatable bonds is 13. The topological polar surface area (TPSA) is 83.5 Å². The Kier molecular flexibility index (Phi) is 10.3. The molecule has 0 atom stereocenters. The van der Waals surface area contributed by atoms with Gasteiger partial charge >= 0.3 is 5.97 Å². The summed E-state index contributed by atoms with van der Waals surface area (Å²) in [5.74, 6) is -0.590. The summed E-state index contributed by atoms with van der Waals surface area (Å²) in [6.45, 7) is 7.54. The fraction of sp³-hybridized carbons (Fsp3) is 0.812. The lowest BCUT2D eigenvalue weighted by molar-refractivity contribution is -0.890. The van der Waals surface area contributed by atoms with E-state index in [0.29, 0.717) is 18.6 Å². The molecule has 0 amide bonds. The van der Waals surface area contributed by atoms with Crippen LogP contribution in [0.4, 0.5) is 0 Å². The van der Waals surface area contributed by atoms with Gasteiger partial charge in [0.15, 0.2) is 0 Å². The summed E-state index contributed by atoms with van der Waals surface area (Å²) in [5, 5.41) is 0. The second-order valence-corrected chi connectivity index (χ2v) is 8.21. The second kappa shape index (κ2) is 10.8.